The molecule has 0 radical (unpaired) electrons. The molecule has 110 valence electrons. The fraction of sp³-hybridized carbons (Fsp3) is 0.625. The molecule has 0 bridgehead atoms. The van der Waals surface area contributed by atoms with Crippen LogP contribution in [0.25, 0.3) is 0 Å². The second-order valence-corrected chi connectivity index (χ2v) is 5.81. The van der Waals surface area contributed by atoms with Crippen molar-refractivity contribution in [2.75, 3.05) is 50.8 Å². The lowest BCUT2D eigenvalue weighted by atomic mass is 9.98. The summed E-state index contributed by atoms with van der Waals surface area (Å²) in [5.74, 6) is 0.284. The van der Waals surface area contributed by atoms with Crippen molar-refractivity contribution in [3.8, 4) is 0 Å². The third kappa shape index (κ3) is 3.32. The van der Waals surface area contributed by atoms with Crippen molar-refractivity contribution < 1.29 is 9.84 Å². The van der Waals surface area contributed by atoms with E-state index in [0.717, 1.165) is 39.1 Å². The maximum Gasteiger partial charge on any atom is 0.0624 e. The van der Waals surface area contributed by atoms with Crippen molar-refractivity contribution in [1.82, 2.24) is 4.90 Å². The minimum atomic E-state index is -0.184. The highest BCUT2D eigenvalue weighted by Crippen LogP contribution is 2.19. The Balaban J connectivity index is 1.49. The largest absolute Gasteiger partial charge is 0.393 e. The Morgan fingerprint density at radius 2 is 1.85 bits per heavy atom. The molecule has 2 unspecified atom stereocenters. The molecule has 2 heterocycles. The summed E-state index contributed by atoms with van der Waals surface area (Å²) in [5, 5.41) is 10.0. The molecule has 0 amide bonds. The van der Waals surface area contributed by atoms with Gasteiger partial charge in [0.2, 0.25) is 0 Å². The zero-order valence-electron chi connectivity index (χ0n) is 11.9. The fourth-order valence-electron chi connectivity index (χ4n) is 3.12. The minimum Gasteiger partial charge on any atom is -0.393 e. The normalized spacial score (nSPS) is 28.6. The van der Waals surface area contributed by atoms with E-state index >= 15 is 0 Å². The first kappa shape index (κ1) is 13.9. The summed E-state index contributed by atoms with van der Waals surface area (Å²) in [5.41, 5.74) is 1.31. The van der Waals surface area contributed by atoms with E-state index in [1.54, 1.807) is 0 Å². The molecule has 0 saturated carbocycles. The zero-order chi connectivity index (χ0) is 13.8. The number of ether oxygens (including phenoxy) is 1. The van der Waals surface area contributed by atoms with Gasteiger partial charge in [0.1, 0.15) is 0 Å². The van der Waals surface area contributed by atoms with Gasteiger partial charge in [-0.15, -0.1) is 0 Å². The maximum absolute atomic E-state index is 10.0. The predicted octanol–water partition coefficient (Wildman–Crippen LogP) is 1.21. The van der Waals surface area contributed by atoms with Gasteiger partial charge in [-0.05, 0) is 18.6 Å². The fourth-order valence-corrected chi connectivity index (χ4v) is 3.12. The zero-order valence-corrected chi connectivity index (χ0v) is 11.9. The van der Waals surface area contributed by atoms with Crippen LogP contribution in [-0.4, -0.2) is 62.0 Å². The number of hydrogen-bond donors (Lipinski definition) is 1. The second kappa shape index (κ2) is 6.57. The lowest BCUT2D eigenvalue weighted by Gasteiger charge is -2.39. The van der Waals surface area contributed by atoms with E-state index in [0.29, 0.717) is 13.2 Å². The molecule has 0 aromatic heterocycles. The van der Waals surface area contributed by atoms with Crippen molar-refractivity contribution in [2.45, 2.75) is 12.5 Å². The Morgan fingerprint density at radius 3 is 2.55 bits per heavy atom. The monoisotopic (exact) mass is 276 g/mol. The first-order chi connectivity index (χ1) is 9.83. The highest BCUT2D eigenvalue weighted by molar-refractivity contribution is 5.46. The molecule has 2 fully saturated rings. The van der Waals surface area contributed by atoms with Gasteiger partial charge >= 0.3 is 0 Å². The number of anilines is 1. The van der Waals surface area contributed by atoms with Crippen molar-refractivity contribution in [2.24, 2.45) is 5.92 Å². The molecular weight excluding hydrogens is 252 g/mol. The molecule has 1 aromatic rings. The second-order valence-electron chi connectivity index (χ2n) is 5.81. The summed E-state index contributed by atoms with van der Waals surface area (Å²) in [6, 6.07) is 10.6. The quantitative estimate of drug-likeness (QED) is 0.900. The van der Waals surface area contributed by atoms with Crippen LogP contribution in [0.4, 0.5) is 5.69 Å². The highest BCUT2D eigenvalue weighted by Gasteiger charge is 2.27. The van der Waals surface area contributed by atoms with E-state index < -0.39 is 0 Å². The first-order valence-corrected chi connectivity index (χ1v) is 7.61. The van der Waals surface area contributed by atoms with Gasteiger partial charge in [0, 0.05) is 50.9 Å². The van der Waals surface area contributed by atoms with E-state index in [9.17, 15) is 5.11 Å². The van der Waals surface area contributed by atoms with Crippen molar-refractivity contribution in [3.63, 3.8) is 0 Å². The van der Waals surface area contributed by atoms with E-state index in [1.165, 1.54) is 5.69 Å². The van der Waals surface area contributed by atoms with Gasteiger partial charge in [0.05, 0.1) is 12.7 Å². The molecule has 2 aliphatic heterocycles. The van der Waals surface area contributed by atoms with Gasteiger partial charge < -0.3 is 14.7 Å². The molecule has 4 nitrogen and oxygen atoms in total. The SMILES string of the molecule is OC1CCOCC1CN1CCN(c2ccccc2)CC1. The number of para-hydroxylation sites is 1. The molecule has 3 rings (SSSR count). The van der Waals surface area contributed by atoms with Crippen LogP contribution in [0, 0.1) is 5.92 Å². The van der Waals surface area contributed by atoms with Gasteiger partial charge in [-0.3, -0.25) is 4.90 Å². The number of aliphatic hydroxyl groups excluding tert-OH is 1. The van der Waals surface area contributed by atoms with Crippen molar-refractivity contribution in [3.05, 3.63) is 30.3 Å². The summed E-state index contributed by atoms with van der Waals surface area (Å²) in [6.07, 6.45) is 0.602. The van der Waals surface area contributed by atoms with E-state index in [-0.39, 0.29) is 12.0 Å². The number of hydrogen-bond acceptors (Lipinski definition) is 4. The molecule has 2 saturated heterocycles. The van der Waals surface area contributed by atoms with Crippen LogP contribution in [-0.2, 0) is 4.74 Å². The predicted molar refractivity (Wildman–Crippen MR) is 80.0 cm³/mol. The smallest absolute Gasteiger partial charge is 0.0624 e. The molecule has 4 heteroatoms. The third-order valence-corrected chi connectivity index (χ3v) is 4.42. The molecular formula is C16H24N2O2. The molecule has 1 N–H and O–H groups in total. The number of rotatable bonds is 3. The van der Waals surface area contributed by atoms with E-state index in [1.807, 2.05) is 0 Å². The summed E-state index contributed by atoms with van der Waals surface area (Å²) in [7, 11) is 0. The lowest BCUT2D eigenvalue weighted by Crippen LogP contribution is -2.50. The Kier molecular flexibility index (Phi) is 4.55. The van der Waals surface area contributed by atoms with Gasteiger partial charge in [-0.1, -0.05) is 18.2 Å². The van der Waals surface area contributed by atoms with Crippen LogP contribution in [0.15, 0.2) is 30.3 Å². The van der Waals surface area contributed by atoms with Gasteiger partial charge in [0.25, 0.3) is 0 Å². The molecule has 1 aromatic carbocycles. The molecule has 0 spiro atoms. The van der Waals surface area contributed by atoms with Crippen molar-refractivity contribution in [1.29, 1.82) is 0 Å². The average Bonchev–Trinajstić information content (AvgIpc) is 2.51. The highest BCUT2D eigenvalue weighted by atomic mass is 16.5. The average molecular weight is 276 g/mol. The van der Waals surface area contributed by atoms with Crippen LogP contribution in [0.3, 0.4) is 0 Å². The molecule has 20 heavy (non-hydrogen) atoms. The maximum atomic E-state index is 10.0. The van der Waals surface area contributed by atoms with E-state index in [2.05, 4.69) is 40.1 Å². The number of piperazine rings is 1. The van der Waals surface area contributed by atoms with Crippen LogP contribution in [0.2, 0.25) is 0 Å². The van der Waals surface area contributed by atoms with E-state index in [4.69, 9.17) is 4.74 Å². The first-order valence-electron chi connectivity index (χ1n) is 7.61. The Hall–Kier alpha value is -1.10. The van der Waals surface area contributed by atoms with Gasteiger partial charge in [0.15, 0.2) is 0 Å². The number of benzene rings is 1. The number of nitrogens with zero attached hydrogens (tertiary/aromatic N) is 2. The summed E-state index contributed by atoms with van der Waals surface area (Å²) < 4.78 is 5.49. The topological polar surface area (TPSA) is 35.9 Å². The summed E-state index contributed by atoms with van der Waals surface area (Å²) >= 11 is 0. The standard InChI is InChI=1S/C16H24N2O2/c19-16-6-11-20-13-14(16)12-17-7-9-18(10-8-17)15-4-2-1-3-5-15/h1-5,14,16,19H,6-13H2. The Bertz CT molecular complexity index is 404. The molecule has 2 aliphatic rings. The minimum absolute atomic E-state index is 0.184. The number of aliphatic hydroxyl groups is 1. The van der Waals surface area contributed by atoms with Crippen LogP contribution in [0.5, 0.6) is 0 Å². The third-order valence-electron chi connectivity index (χ3n) is 4.42. The van der Waals surface area contributed by atoms with Crippen LogP contribution in [0.1, 0.15) is 6.42 Å². The lowest BCUT2D eigenvalue weighted by molar-refractivity contribution is -0.0469. The van der Waals surface area contributed by atoms with Crippen LogP contribution >= 0.6 is 0 Å². The van der Waals surface area contributed by atoms with Crippen molar-refractivity contribution >= 4 is 5.69 Å². The Labute approximate surface area is 120 Å². The Morgan fingerprint density at radius 1 is 1.10 bits per heavy atom. The summed E-state index contributed by atoms with van der Waals surface area (Å²) in [6.45, 7) is 6.64. The molecule has 2 atom stereocenters. The molecule has 0 aliphatic carbocycles. The van der Waals surface area contributed by atoms with Gasteiger partial charge in [-0.25, -0.2) is 0 Å². The van der Waals surface area contributed by atoms with Gasteiger partial charge in [-0.2, -0.15) is 0 Å². The van der Waals surface area contributed by atoms with Crippen LogP contribution < -0.4 is 4.90 Å². The summed E-state index contributed by atoms with van der Waals surface area (Å²) in [4.78, 5) is 4.90.